The molecule has 0 aliphatic rings. The van der Waals surface area contributed by atoms with Gasteiger partial charge in [0.1, 0.15) is 0 Å². The summed E-state index contributed by atoms with van der Waals surface area (Å²) in [5.41, 5.74) is 0. The molecule has 23 heteroatoms. The number of hydrogen-bond donors (Lipinski definition) is 2. The van der Waals surface area contributed by atoms with E-state index in [2.05, 4.69) is 4.74 Å². The number of hydrogen-bond acceptors (Lipinski definition) is 4. The van der Waals surface area contributed by atoms with Crippen molar-refractivity contribution < 1.29 is 104 Å². The first-order valence-corrected chi connectivity index (χ1v) is 9.72. The van der Waals surface area contributed by atoms with E-state index >= 15 is 0 Å². The van der Waals surface area contributed by atoms with Crippen molar-refractivity contribution in [3.63, 3.8) is 0 Å². The zero-order valence-electron chi connectivity index (χ0n) is 18.6. The Morgan fingerprint density at radius 3 is 1.30 bits per heavy atom. The number of carbonyl (C=O) groups excluding carboxylic acids is 1. The summed E-state index contributed by atoms with van der Waals surface area (Å²) in [6, 6.07) is 0. The van der Waals surface area contributed by atoms with Gasteiger partial charge in [-0.25, -0.2) is 4.79 Å². The van der Waals surface area contributed by atoms with Crippen LogP contribution in [0, 0.1) is 0 Å². The number of aliphatic carboxylic acids is 2. The molecule has 40 heavy (non-hydrogen) atoms. The molecule has 0 fully saturated rings. The summed E-state index contributed by atoms with van der Waals surface area (Å²) in [5.74, 6) is -62.7. The Kier molecular flexibility index (Phi) is 10.5. The van der Waals surface area contributed by atoms with Crippen LogP contribution >= 0.6 is 0 Å². The topological polar surface area (TPSA) is 101 Å². The minimum absolute atomic E-state index is 1.18. The average molecular weight is 636 g/mol. The Labute approximate surface area is 209 Å². The zero-order valence-corrected chi connectivity index (χ0v) is 18.6. The molecule has 0 amide bonds. The third-order valence-electron chi connectivity index (χ3n) is 4.82. The maximum atomic E-state index is 13.7. The Morgan fingerprint density at radius 2 is 0.950 bits per heavy atom. The van der Waals surface area contributed by atoms with Crippen molar-refractivity contribution in [1.29, 1.82) is 0 Å². The fourth-order valence-electron chi connectivity index (χ4n) is 2.53. The summed E-state index contributed by atoms with van der Waals surface area (Å²) in [7, 11) is 0. The lowest BCUT2D eigenvalue weighted by molar-refractivity contribution is -0.461. The monoisotopic (exact) mass is 636 g/mol. The van der Waals surface area contributed by atoms with E-state index < -0.39 is 104 Å². The van der Waals surface area contributed by atoms with Crippen molar-refractivity contribution in [3.8, 4) is 0 Å². The van der Waals surface area contributed by atoms with Crippen LogP contribution in [-0.4, -0.2) is 81.9 Å². The highest BCUT2D eigenvalue weighted by molar-refractivity contribution is 5.82. The van der Waals surface area contributed by atoms with Crippen molar-refractivity contribution >= 4 is 17.9 Å². The van der Waals surface area contributed by atoms with Gasteiger partial charge in [0, 0.05) is 12.8 Å². The van der Waals surface area contributed by atoms with E-state index in [0.29, 0.717) is 0 Å². The first-order chi connectivity index (χ1) is 17.4. The second-order valence-corrected chi connectivity index (χ2v) is 7.77. The van der Waals surface area contributed by atoms with Crippen molar-refractivity contribution in [2.24, 2.45) is 0 Å². The third-order valence-corrected chi connectivity index (χ3v) is 4.82. The van der Waals surface area contributed by atoms with Gasteiger partial charge in [0.05, 0.1) is 6.42 Å². The van der Waals surface area contributed by atoms with Crippen LogP contribution in [-0.2, 0) is 19.1 Å². The number of carboxylic acid groups (broad SMARTS) is 2. The van der Waals surface area contributed by atoms with Crippen LogP contribution in [0.4, 0.5) is 74.6 Å². The predicted octanol–water partition coefficient (Wildman–Crippen LogP) is 6.03. The van der Waals surface area contributed by atoms with E-state index in [9.17, 15) is 89.0 Å². The average Bonchev–Trinajstić information content (AvgIpc) is 2.74. The molecule has 0 heterocycles. The van der Waals surface area contributed by atoms with Crippen molar-refractivity contribution in [3.05, 3.63) is 0 Å². The van der Waals surface area contributed by atoms with Crippen molar-refractivity contribution in [1.82, 2.24) is 0 Å². The summed E-state index contributed by atoms with van der Waals surface area (Å²) in [4.78, 5) is 32.5. The van der Waals surface area contributed by atoms with Gasteiger partial charge in [0.15, 0.2) is 0 Å². The molecule has 236 valence electrons. The standard InChI is InChI=1S/C17H13F17O6/c18-10(19,4-2-1-3-8(37)40-6(9(38)39)5-7(35)36)11(20,21)12(22,23)13(24,25)14(26,27)15(28,29)16(30,31)17(32,33)34/h6H,1-5H2,(H,35,36)(H,38,39). The molecule has 0 saturated heterocycles. The Morgan fingerprint density at radius 1 is 0.575 bits per heavy atom. The molecule has 0 saturated carbocycles. The Bertz CT molecular complexity index is 943. The second-order valence-electron chi connectivity index (χ2n) is 7.77. The van der Waals surface area contributed by atoms with Gasteiger partial charge < -0.3 is 14.9 Å². The van der Waals surface area contributed by atoms with Crippen LogP contribution in [0.25, 0.3) is 0 Å². The molecule has 0 aromatic rings. The maximum absolute atomic E-state index is 13.7. The zero-order chi connectivity index (χ0) is 32.6. The molecular weight excluding hydrogens is 623 g/mol. The van der Waals surface area contributed by atoms with Gasteiger partial charge in [-0.2, -0.15) is 74.6 Å². The largest absolute Gasteiger partial charge is 0.481 e. The molecule has 0 aliphatic carbocycles. The smallest absolute Gasteiger partial charge is 0.460 e. The lowest BCUT2D eigenvalue weighted by Gasteiger charge is -2.42. The number of ether oxygens (including phenoxy) is 1. The number of alkyl halides is 17. The molecule has 2 N–H and O–H groups in total. The Balaban J connectivity index is 5.87. The molecule has 0 spiro atoms. The fourth-order valence-corrected chi connectivity index (χ4v) is 2.53. The van der Waals surface area contributed by atoms with E-state index in [1.54, 1.807) is 0 Å². The second kappa shape index (κ2) is 11.2. The van der Waals surface area contributed by atoms with Gasteiger partial charge in [-0.1, -0.05) is 0 Å². The number of esters is 1. The van der Waals surface area contributed by atoms with Crippen LogP contribution in [0.5, 0.6) is 0 Å². The summed E-state index contributed by atoms with van der Waals surface area (Å²) in [5, 5.41) is 17.0. The summed E-state index contributed by atoms with van der Waals surface area (Å²) < 4.78 is 228. The quantitative estimate of drug-likeness (QED) is 0.130. The van der Waals surface area contributed by atoms with Crippen LogP contribution < -0.4 is 0 Å². The highest BCUT2D eigenvalue weighted by Gasteiger charge is 2.95. The van der Waals surface area contributed by atoms with Crippen LogP contribution in [0.3, 0.4) is 0 Å². The molecule has 1 unspecified atom stereocenters. The van der Waals surface area contributed by atoms with Gasteiger partial charge in [-0.3, -0.25) is 9.59 Å². The van der Waals surface area contributed by atoms with Crippen molar-refractivity contribution in [2.75, 3.05) is 0 Å². The molecule has 6 nitrogen and oxygen atoms in total. The SMILES string of the molecule is O=C(O)CC(OC(=O)CCCCC(F)(F)C(F)(F)C(F)(F)C(F)(F)C(F)(F)C(F)(F)C(F)(F)C(F)(F)F)C(=O)O. The van der Waals surface area contributed by atoms with E-state index in [0.717, 1.165) is 0 Å². The highest BCUT2D eigenvalue weighted by atomic mass is 19.4. The van der Waals surface area contributed by atoms with Gasteiger partial charge in [0.25, 0.3) is 0 Å². The maximum Gasteiger partial charge on any atom is 0.460 e. The van der Waals surface area contributed by atoms with E-state index in [-0.39, 0.29) is 0 Å². The van der Waals surface area contributed by atoms with E-state index in [1.807, 2.05) is 0 Å². The summed E-state index contributed by atoms with van der Waals surface area (Å²) in [6.07, 6.45) is -18.4. The number of halogens is 17. The number of unbranched alkanes of at least 4 members (excludes halogenated alkanes) is 1. The molecule has 0 aromatic heterocycles. The molecule has 1 atom stereocenters. The molecule has 0 rings (SSSR count). The number of carboxylic acids is 2. The van der Waals surface area contributed by atoms with Gasteiger partial charge in [0.2, 0.25) is 6.10 Å². The Hall–Kier alpha value is -2.78. The molecular formula is C17H13F17O6. The lowest BCUT2D eigenvalue weighted by atomic mass is 9.88. The molecule has 0 radical (unpaired) electrons. The molecule has 0 aliphatic heterocycles. The van der Waals surface area contributed by atoms with Crippen LogP contribution in [0.15, 0.2) is 0 Å². The van der Waals surface area contributed by atoms with Gasteiger partial charge >= 0.3 is 65.5 Å². The fraction of sp³-hybridized carbons (Fsp3) is 0.824. The van der Waals surface area contributed by atoms with Crippen LogP contribution in [0.1, 0.15) is 32.1 Å². The first-order valence-electron chi connectivity index (χ1n) is 9.72. The highest BCUT2D eigenvalue weighted by Crippen LogP contribution is 2.64. The lowest BCUT2D eigenvalue weighted by Crippen LogP contribution is -2.74. The van der Waals surface area contributed by atoms with Crippen LogP contribution in [0.2, 0.25) is 0 Å². The van der Waals surface area contributed by atoms with Gasteiger partial charge in [-0.05, 0) is 12.8 Å². The summed E-state index contributed by atoms with van der Waals surface area (Å²) >= 11 is 0. The minimum atomic E-state index is -8.73. The van der Waals surface area contributed by atoms with Crippen molar-refractivity contribution in [2.45, 2.75) is 85.8 Å². The first kappa shape index (κ1) is 37.2. The normalized spacial score (nSPS) is 15.5. The number of rotatable bonds is 15. The minimum Gasteiger partial charge on any atom is -0.481 e. The van der Waals surface area contributed by atoms with Gasteiger partial charge in [-0.15, -0.1) is 0 Å². The third kappa shape index (κ3) is 6.41. The molecule has 0 bridgehead atoms. The number of carbonyl (C=O) groups is 3. The predicted molar refractivity (Wildman–Crippen MR) is 88.9 cm³/mol. The van der Waals surface area contributed by atoms with E-state index in [4.69, 9.17) is 10.2 Å². The molecule has 0 aromatic carbocycles. The summed E-state index contributed by atoms with van der Waals surface area (Å²) in [6.45, 7) is 0. The van der Waals surface area contributed by atoms with E-state index in [1.165, 1.54) is 0 Å².